The van der Waals surface area contributed by atoms with Crippen LogP contribution in [0.2, 0.25) is 5.02 Å². The number of allylic oxidation sites excluding steroid dienone is 1. The van der Waals surface area contributed by atoms with E-state index in [0.717, 1.165) is 11.1 Å². The minimum Gasteiger partial charge on any atom is -0.463 e. The number of hydrogen-bond acceptors (Lipinski definition) is 7. The molecule has 8 atom stereocenters. The number of benzene rings is 2. The fraction of sp³-hybridized carbons (Fsp3) is 0.459. The van der Waals surface area contributed by atoms with Gasteiger partial charge in [-0.3, -0.25) is 19.2 Å². The van der Waals surface area contributed by atoms with Gasteiger partial charge < -0.3 is 29.7 Å². The molecule has 254 valence electrons. The summed E-state index contributed by atoms with van der Waals surface area (Å²) in [6.07, 6.45) is 7.29. The molecule has 1 spiro atoms. The highest BCUT2D eigenvalue weighted by atomic mass is 35.5. The number of carbonyl (C=O) groups is 4. The van der Waals surface area contributed by atoms with Crippen molar-refractivity contribution in [3.8, 4) is 0 Å². The third-order valence-corrected chi connectivity index (χ3v) is 10.6. The second-order valence-electron chi connectivity index (χ2n) is 13.1. The van der Waals surface area contributed by atoms with Crippen molar-refractivity contribution in [2.45, 2.75) is 69.9 Å². The first-order valence-corrected chi connectivity index (χ1v) is 17.0. The Balaban J connectivity index is 1.49. The summed E-state index contributed by atoms with van der Waals surface area (Å²) in [6.45, 7) is 5.48. The summed E-state index contributed by atoms with van der Waals surface area (Å²) in [4.78, 5) is 59.9. The summed E-state index contributed by atoms with van der Waals surface area (Å²) < 4.78 is 12.4. The van der Waals surface area contributed by atoms with Crippen molar-refractivity contribution in [2.75, 3.05) is 24.7 Å². The lowest BCUT2D eigenvalue weighted by Crippen LogP contribution is -2.59. The van der Waals surface area contributed by atoms with Crippen molar-refractivity contribution < 1.29 is 33.8 Å². The number of anilines is 1. The Kier molecular flexibility index (Phi) is 9.79. The number of aliphatic hydroxyl groups excluding tert-OH is 1. The first-order chi connectivity index (χ1) is 23.1. The number of nitrogens with one attached hydrogen (secondary N) is 1. The van der Waals surface area contributed by atoms with Crippen LogP contribution in [0.4, 0.5) is 5.69 Å². The summed E-state index contributed by atoms with van der Waals surface area (Å²) in [5.41, 5.74) is 0.530. The normalized spacial score (nSPS) is 31.0. The van der Waals surface area contributed by atoms with Gasteiger partial charge in [0.2, 0.25) is 11.8 Å². The molecule has 2 saturated heterocycles. The quantitative estimate of drug-likeness (QED) is 0.346. The summed E-state index contributed by atoms with van der Waals surface area (Å²) in [5, 5.41) is 14.2. The van der Waals surface area contributed by atoms with Gasteiger partial charge in [-0.2, -0.15) is 0 Å². The molecule has 11 heteroatoms. The Morgan fingerprint density at radius 3 is 2.54 bits per heavy atom. The van der Waals surface area contributed by atoms with E-state index >= 15 is 0 Å². The van der Waals surface area contributed by atoms with Crippen molar-refractivity contribution in [2.24, 2.45) is 17.8 Å². The highest BCUT2D eigenvalue weighted by Gasteiger charge is 2.72. The third-order valence-electron chi connectivity index (χ3n) is 10.3. The van der Waals surface area contributed by atoms with Crippen LogP contribution in [0.15, 0.2) is 72.8 Å². The predicted octanol–water partition coefficient (Wildman–Crippen LogP) is 4.29. The number of rotatable bonds is 6. The molecule has 2 N–H and O–H groups in total. The average Bonchev–Trinajstić information content (AvgIpc) is 3.47. The molecule has 0 saturated carbocycles. The molecular formula is C37H42ClN3O7. The molecule has 0 unspecified atom stereocenters. The maximum atomic E-state index is 15.0. The van der Waals surface area contributed by atoms with Crippen molar-refractivity contribution in [3.63, 3.8) is 0 Å². The molecule has 2 aromatic carbocycles. The number of nitrogens with zero attached hydrogens (tertiary/aromatic N) is 2. The van der Waals surface area contributed by atoms with Crippen molar-refractivity contribution in [1.29, 1.82) is 0 Å². The van der Waals surface area contributed by atoms with E-state index in [2.05, 4.69) is 5.32 Å². The van der Waals surface area contributed by atoms with Crippen LogP contribution in [0.5, 0.6) is 0 Å². The van der Waals surface area contributed by atoms with Crippen molar-refractivity contribution in [3.05, 3.63) is 89.0 Å². The summed E-state index contributed by atoms with van der Waals surface area (Å²) in [7, 11) is 0. The van der Waals surface area contributed by atoms with Crippen LogP contribution in [0.3, 0.4) is 0 Å². The number of fused-ring (bicyclic) bond motifs is 2. The molecule has 0 aliphatic carbocycles. The zero-order chi connectivity index (χ0) is 34.2. The summed E-state index contributed by atoms with van der Waals surface area (Å²) in [5.74, 6) is -3.96. The summed E-state index contributed by atoms with van der Waals surface area (Å²) >= 11 is 6.68. The monoisotopic (exact) mass is 675 g/mol. The number of para-hydroxylation sites is 1. The van der Waals surface area contributed by atoms with Crippen molar-refractivity contribution in [1.82, 2.24) is 10.2 Å². The van der Waals surface area contributed by atoms with Crippen LogP contribution in [-0.4, -0.2) is 77.2 Å². The van der Waals surface area contributed by atoms with E-state index in [-0.39, 0.29) is 32.1 Å². The molecule has 4 heterocycles. The topological polar surface area (TPSA) is 125 Å². The minimum atomic E-state index is -1.52. The fourth-order valence-corrected chi connectivity index (χ4v) is 8.04. The number of aliphatic hydroxyl groups is 1. The lowest BCUT2D eigenvalue weighted by atomic mass is 9.77. The fourth-order valence-electron chi connectivity index (χ4n) is 7.71. The molecule has 2 fully saturated rings. The van der Waals surface area contributed by atoms with E-state index in [0.29, 0.717) is 23.6 Å². The second kappa shape index (κ2) is 13.9. The third kappa shape index (κ3) is 5.84. The number of carbonyl (C=O) groups excluding carboxylic acids is 4. The van der Waals surface area contributed by atoms with Gasteiger partial charge in [0.05, 0.1) is 47.3 Å². The highest BCUT2D eigenvalue weighted by molar-refractivity contribution is 6.34. The highest BCUT2D eigenvalue weighted by Crippen LogP contribution is 2.54. The van der Waals surface area contributed by atoms with E-state index in [4.69, 9.17) is 21.1 Å². The molecule has 0 radical (unpaired) electrons. The largest absolute Gasteiger partial charge is 0.463 e. The first kappa shape index (κ1) is 33.9. The SMILES string of the molecule is CC[C@H](C)[C@H](CO)N1C(=O)[C@@H]2[C@H]3C(=O)N[C@H](c4ccccc4)COC(=O)CC/C=C\[C@H]3O[C@@]23C=CCN(c2c(C)cccc2Cl)C(=O)[C@@H]13. The maximum Gasteiger partial charge on any atom is 0.306 e. The molecule has 4 aliphatic rings. The lowest BCUT2D eigenvalue weighted by Gasteiger charge is -2.40. The van der Waals surface area contributed by atoms with Crippen LogP contribution < -0.4 is 10.2 Å². The van der Waals surface area contributed by atoms with E-state index < -0.39 is 65.4 Å². The lowest BCUT2D eigenvalue weighted by molar-refractivity contribution is -0.147. The molecule has 0 aromatic heterocycles. The molecular weight excluding hydrogens is 634 g/mol. The molecule has 3 amide bonds. The predicted molar refractivity (Wildman–Crippen MR) is 180 cm³/mol. The van der Waals surface area contributed by atoms with E-state index in [1.807, 2.05) is 63.2 Å². The van der Waals surface area contributed by atoms with Crippen LogP contribution in [0, 0.1) is 24.7 Å². The zero-order valence-electron chi connectivity index (χ0n) is 27.4. The Labute approximate surface area is 285 Å². The standard InChI is InChI=1S/C37H42ClN3O7/c1-4-22(2)27(20-42)41-33-36(46)40(32-23(3)12-10-15-25(32)38)19-11-18-37(33)31(35(41)45)30-28(48-37)16-8-9-17-29(43)47-21-26(39-34(30)44)24-13-6-5-7-14-24/h5-8,10-16,18,22,26-28,30-31,33,42H,4,9,17,19-21H2,1-3H3,(H,39,44)/b16-8-/t22-,26-,27-,28+,30-,31-,33+,37-/m0/s1. The number of ether oxygens (including phenoxy) is 2. The number of amides is 3. The van der Waals surface area contributed by atoms with Gasteiger partial charge in [0, 0.05) is 13.0 Å². The van der Waals surface area contributed by atoms with Gasteiger partial charge in [-0.05, 0) is 36.5 Å². The second-order valence-corrected chi connectivity index (χ2v) is 13.5. The smallest absolute Gasteiger partial charge is 0.306 e. The number of cyclic esters (lactones) is 1. The van der Waals surface area contributed by atoms with Gasteiger partial charge in [0.25, 0.3) is 5.91 Å². The van der Waals surface area contributed by atoms with Crippen molar-refractivity contribution >= 4 is 41.0 Å². The molecule has 0 bridgehead atoms. The molecule has 48 heavy (non-hydrogen) atoms. The Hall–Kier alpha value is -3.99. The Bertz CT molecular complexity index is 1610. The first-order valence-electron chi connectivity index (χ1n) is 16.7. The van der Waals surface area contributed by atoms with E-state index in [1.165, 1.54) is 4.90 Å². The van der Waals surface area contributed by atoms with Gasteiger partial charge in [-0.15, -0.1) is 0 Å². The van der Waals surface area contributed by atoms with Gasteiger partial charge in [0.1, 0.15) is 18.2 Å². The van der Waals surface area contributed by atoms with Crippen LogP contribution >= 0.6 is 11.6 Å². The van der Waals surface area contributed by atoms with Crippen LogP contribution in [0.1, 0.15) is 50.3 Å². The average molecular weight is 676 g/mol. The minimum absolute atomic E-state index is 0.0831. The van der Waals surface area contributed by atoms with E-state index in [1.54, 1.807) is 35.3 Å². The Morgan fingerprint density at radius 2 is 1.83 bits per heavy atom. The summed E-state index contributed by atoms with van der Waals surface area (Å²) in [6, 6.07) is 12.0. The van der Waals surface area contributed by atoms with Crippen LogP contribution in [-0.2, 0) is 28.7 Å². The van der Waals surface area contributed by atoms with Gasteiger partial charge >= 0.3 is 5.97 Å². The molecule has 2 aromatic rings. The molecule has 4 aliphatic heterocycles. The number of halogens is 1. The molecule has 10 nitrogen and oxygen atoms in total. The van der Waals surface area contributed by atoms with Gasteiger partial charge in [0.15, 0.2) is 0 Å². The zero-order valence-corrected chi connectivity index (χ0v) is 28.1. The maximum absolute atomic E-state index is 15.0. The number of likely N-dealkylation sites (tertiary alicyclic amines) is 1. The number of aryl methyl sites for hydroxylation is 1. The number of hydrogen-bond donors (Lipinski definition) is 2. The number of esters is 1. The molecule has 6 rings (SSSR count). The van der Waals surface area contributed by atoms with Crippen LogP contribution in [0.25, 0.3) is 0 Å². The Morgan fingerprint density at radius 1 is 1.06 bits per heavy atom. The van der Waals surface area contributed by atoms with E-state index in [9.17, 15) is 24.3 Å². The van der Waals surface area contributed by atoms with Gasteiger partial charge in [-0.25, -0.2) is 0 Å². The van der Waals surface area contributed by atoms with Gasteiger partial charge in [-0.1, -0.05) is 98.6 Å².